The van der Waals surface area contributed by atoms with Crippen molar-refractivity contribution >= 4 is 0 Å². The average molecular weight is 1130 g/mol. The van der Waals surface area contributed by atoms with Crippen LogP contribution in [0, 0.1) is 42.9 Å². The summed E-state index contributed by atoms with van der Waals surface area (Å²) < 4.78 is 0. The second-order valence-corrected chi connectivity index (χ2v) is 20.8. The van der Waals surface area contributed by atoms with E-state index in [9.17, 15) is 0 Å². The van der Waals surface area contributed by atoms with Crippen molar-refractivity contribution in [3.63, 3.8) is 0 Å². The van der Waals surface area contributed by atoms with E-state index >= 15 is 0 Å². The molecular formula is C75H135Y-. The molecule has 15 rings (SSSR count). The maximum atomic E-state index is 2.41. The molecule has 0 amide bonds. The molecule has 0 aromatic heterocycles. The summed E-state index contributed by atoms with van der Waals surface area (Å²) in [6.45, 7) is 4.00. The number of hydrogen-bond donors (Lipinski definition) is 0. The Balaban J connectivity index is -0.000000142. The minimum absolute atomic E-state index is 0. The summed E-state index contributed by atoms with van der Waals surface area (Å²) >= 11 is 0. The SMILES string of the molecule is C.C.C.C.C.C.C.C.C.C1=CC2CCC1CC2.C1CC2CCC1C2.C1CC2CCC1CC2.C1CCC1.C1CCCC1.C1CCCCC1.CC.[CH3-].[Y].c1ccc(-c2ccccc2)cc1.c1ccc(Cc2ccccc2)cc1. The molecule has 0 saturated heterocycles. The fourth-order valence-electron chi connectivity index (χ4n) is 11.2. The van der Waals surface area contributed by atoms with E-state index < -0.39 is 0 Å². The van der Waals surface area contributed by atoms with Gasteiger partial charge < -0.3 is 7.43 Å². The van der Waals surface area contributed by atoms with Crippen molar-refractivity contribution < 1.29 is 32.7 Å². The Morgan fingerprint density at radius 1 is 0.276 bits per heavy atom. The van der Waals surface area contributed by atoms with Gasteiger partial charge in [0.05, 0.1) is 0 Å². The molecule has 9 saturated carbocycles. The number of benzene rings is 4. The molecule has 76 heavy (non-hydrogen) atoms. The third kappa shape index (κ3) is 38.3. The Kier molecular flexibility index (Phi) is 66.2. The first-order valence-electron chi connectivity index (χ1n) is 28.1. The third-order valence-electron chi connectivity index (χ3n) is 15.8. The zero-order valence-corrected chi connectivity index (χ0v) is 46.5. The molecule has 0 aliphatic heterocycles. The second kappa shape index (κ2) is 57.4. The van der Waals surface area contributed by atoms with Crippen molar-refractivity contribution in [2.45, 2.75) is 280 Å². The number of rotatable bonds is 3. The fraction of sp³-hybridized carbons (Fsp3) is 0.640. The van der Waals surface area contributed by atoms with Gasteiger partial charge in [0.2, 0.25) is 0 Å². The summed E-state index contributed by atoms with van der Waals surface area (Å²) in [5.74, 6) is 6.59. The topological polar surface area (TPSA) is 0 Å². The van der Waals surface area contributed by atoms with Gasteiger partial charge in [0.1, 0.15) is 0 Å². The molecule has 11 aliphatic rings. The van der Waals surface area contributed by atoms with Gasteiger partial charge in [-0.2, -0.15) is 0 Å². The normalized spacial score (nSPS) is 21.7. The smallest absolute Gasteiger partial charge is 0 e. The molecule has 0 nitrogen and oxygen atoms in total. The average Bonchev–Trinajstić information content (AvgIpc) is 4.23. The predicted octanol–water partition coefficient (Wildman–Crippen LogP) is 26.8. The van der Waals surface area contributed by atoms with E-state index in [1.807, 2.05) is 26.0 Å². The molecule has 6 bridgehead atoms. The molecule has 1 radical (unpaired) electrons. The monoisotopic (exact) mass is 1120 g/mol. The van der Waals surface area contributed by atoms with Crippen LogP contribution in [0.1, 0.15) is 284 Å². The van der Waals surface area contributed by atoms with Crippen LogP contribution in [-0.2, 0) is 39.1 Å². The van der Waals surface area contributed by atoms with Crippen molar-refractivity contribution in [1.29, 1.82) is 0 Å². The van der Waals surface area contributed by atoms with E-state index in [4.69, 9.17) is 0 Å². The Morgan fingerprint density at radius 2 is 0.474 bits per heavy atom. The summed E-state index contributed by atoms with van der Waals surface area (Å²) in [6, 6.07) is 41.8. The van der Waals surface area contributed by atoms with Crippen molar-refractivity contribution in [3.05, 3.63) is 152 Å². The minimum Gasteiger partial charge on any atom is -0.358 e. The molecule has 1 heteroatoms. The molecule has 439 valence electrons. The van der Waals surface area contributed by atoms with Crippen LogP contribution in [0.5, 0.6) is 0 Å². The van der Waals surface area contributed by atoms with E-state index in [-0.39, 0.29) is 107 Å². The van der Waals surface area contributed by atoms with Crippen molar-refractivity contribution in [2.24, 2.45) is 35.5 Å². The molecule has 0 atom stereocenters. The van der Waals surface area contributed by atoms with Crippen LogP contribution < -0.4 is 0 Å². The standard InChI is InChI=1S/C13H12.C12H10.C8H14.C8H12.C7H12.C6H12.C5H10.C4H8.C2H6.9CH4.CH3.Y/c1-3-7-12(8-4-1)11-13-9-5-2-6-10-13;1-3-7-11(8-4-1)12-9-5-2-6-10-12;2*1-2-8-5-3-7(1)4-6-8;1-2-7-4-3-6(1)5-7;1-2-4-6-5-3-1;1-2-4-5-3-1;1-2-4-3-1;1-2;;;;;;;;;;;/h1-10H,11H2;1-10H;7-8H,1-6H2;1-2,7-8H,3-6H2;6-7H,1-5H2;1-6H2;1-5H2;1-4H2;1-2H3;9*1H4;1H3;/q;;;;;;;;;;;;;;;;;;-1;. The summed E-state index contributed by atoms with van der Waals surface area (Å²) in [5.41, 5.74) is 5.29. The van der Waals surface area contributed by atoms with Crippen LogP contribution in [0.2, 0.25) is 0 Å². The van der Waals surface area contributed by atoms with Crippen LogP contribution in [-0.4, -0.2) is 0 Å². The minimum atomic E-state index is 0. The Labute approximate surface area is 507 Å². The van der Waals surface area contributed by atoms with Crippen LogP contribution in [0.4, 0.5) is 0 Å². The van der Waals surface area contributed by atoms with E-state index in [0.29, 0.717) is 0 Å². The van der Waals surface area contributed by atoms with E-state index in [1.165, 1.54) is 156 Å². The molecule has 4 aromatic rings. The summed E-state index contributed by atoms with van der Waals surface area (Å²) in [6.07, 6.45) is 51.4. The van der Waals surface area contributed by atoms with Gasteiger partial charge in [0, 0.05) is 32.7 Å². The number of allylic oxidation sites excluding steroid dienone is 2. The zero-order chi connectivity index (χ0) is 45.3. The number of hydrogen-bond acceptors (Lipinski definition) is 0. The largest absolute Gasteiger partial charge is 0.358 e. The maximum Gasteiger partial charge on any atom is 0 e. The van der Waals surface area contributed by atoms with Gasteiger partial charge in [-0.1, -0.05) is 375 Å². The van der Waals surface area contributed by atoms with Crippen LogP contribution in [0.3, 0.4) is 0 Å². The van der Waals surface area contributed by atoms with Gasteiger partial charge in [0.25, 0.3) is 0 Å². The van der Waals surface area contributed by atoms with Crippen molar-refractivity contribution in [3.8, 4) is 11.1 Å². The summed E-state index contributed by atoms with van der Waals surface area (Å²) in [5, 5.41) is 0. The first-order chi connectivity index (χ1) is 32.3. The first-order valence-corrected chi connectivity index (χ1v) is 28.1. The van der Waals surface area contributed by atoms with Gasteiger partial charge >= 0.3 is 0 Å². The third-order valence-corrected chi connectivity index (χ3v) is 15.8. The quantitative estimate of drug-likeness (QED) is 0.142. The predicted molar refractivity (Wildman–Crippen MR) is 354 cm³/mol. The van der Waals surface area contributed by atoms with E-state index in [2.05, 4.69) is 121 Å². The van der Waals surface area contributed by atoms with Crippen LogP contribution in [0.25, 0.3) is 11.1 Å². The van der Waals surface area contributed by atoms with Crippen molar-refractivity contribution in [1.82, 2.24) is 0 Å². The Hall–Kier alpha value is -2.28. The van der Waals surface area contributed by atoms with Gasteiger partial charge in [0.15, 0.2) is 0 Å². The molecule has 4 aromatic carbocycles. The fourth-order valence-corrected chi connectivity index (χ4v) is 11.2. The van der Waals surface area contributed by atoms with Gasteiger partial charge in [-0.25, -0.2) is 0 Å². The molecule has 0 spiro atoms. The van der Waals surface area contributed by atoms with Crippen molar-refractivity contribution in [2.75, 3.05) is 0 Å². The Bertz CT molecular complexity index is 1520. The maximum absolute atomic E-state index is 2.41. The molecule has 9 fully saturated rings. The van der Waals surface area contributed by atoms with Crippen LogP contribution >= 0.6 is 0 Å². The second-order valence-electron chi connectivity index (χ2n) is 20.8. The molecule has 11 aliphatic carbocycles. The zero-order valence-electron chi connectivity index (χ0n) is 43.7. The van der Waals surface area contributed by atoms with Crippen LogP contribution in [0.15, 0.2) is 133 Å². The molecular weight excluding hydrogens is 990 g/mol. The van der Waals surface area contributed by atoms with Gasteiger partial charge in [-0.15, -0.1) is 0 Å². The number of fused-ring (bicyclic) bond motifs is 7. The van der Waals surface area contributed by atoms with E-state index in [1.54, 1.807) is 70.6 Å². The molecule has 0 heterocycles. The molecule has 0 unspecified atom stereocenters. The van der Waals surface area contributed by atoms with Gasteiger partial charge in [-0.05, 0) is 96.3 Å². The molecule has 0 N–H and O–H groups in total. The summed E-state index contributed by atoms with van der Waals surface area (Å²) in [4.78, 5) is 0. The van der Waals surface area contributed by atoms with Gasteiger partial charge in [-0.3, -0.25) is 0 Å². The Morgan fingerprint density at radius 3 is 0.632 bits per heavy atom. The van der Waals surface area contributed by atoms with E-state index in [0.717, 1.165) is 30.1 Å². The first kappa shape index (κ1) is 87.6. The summed E-state index contributed by atoms with van der Waals surface area (Å²) in [7, 11) is 0.